The molecule has 3 heterocycles. The highest BCUT2D eigenvalue weighted by molar-refractivity contribution is 6.10. The molecule has 0 radical (unpaired) electrons. The minimum absolute atomic E-state index is 0.0276. The van der Waals surface area contributed by atoms with E-state index in [9.17, 15) is 14.0 Å². The first-order valence-electron chi connectivity index (χ1n) is 13.4. The standard InChI is InChI=1S/C30H30FN9O3/c1-18(41)35-25-8-7-23(14-24(25)31)37-30(42)36-22-5-3-19(4-6-22)28-38-26-13-20(21(15-32)16-33-2)17-34-27(26)29(39-28)40-9-11-43-12-10-40/h3-8,13-17H,9-12,32H2,1-2H3,(H,35,41)(H2,36,37,42). The second-order valence-corrected chi connectivity index (χ2v) is 9.60. The number of aromatic nitrogens is 3. The number of nitrogens with two attached hydrogens (primary N) is 1. The lowest BCUT2D eigenvalue weighted by molar-refractivity contribution is -0.114. The number of allylic oxidation sites excluding steroid dienone is 1. The van der Waals surface area contributed by atoms with E-state index in [0.717, 1.165) is 17.2 Å². The Hall–Kier alpha value is -5.43. The summed E-state index contributed by atoms with van der Waals surface area (Å²) < 4.78 is 19.8. The average Bonchev–Trinajstić information content (AvgIpc) is 3.01. The minimum atomic E-state index is -0.666. The number of nitrogens with zero attached hydrogens (tertiary/aromatic N) is 5. The molecule has 0 aliphatic carbocycles. The fourth-order valence-corrected chi connectivity index (χ4v) is 4.52. The highest BCUT2D eigenvalue weighted by atomic mass is 19.1. The molecule has 5 N–H and O–H groups in total. The van der Waals surface area contributed by atoms with Gasteiger partial charge in [-0.05, 0) is 48.5 Å². The summed E-state index contributed by atoms with van der Waals surface area (Å²) in [6.45, 7) is 3.79. The number of morpholine rings is 1. The molecule has 13 heteroatoms. The molecule has 3 amide bonds. The Morgan fingerprint density at radius 3 is 2.42 bits per heavy atom. The zero-order chi connectivity index (χ0) is 30.3. The molecule has 1 fully saturated rings. The van der Waals surface area contributed by atoms with Crippen molar-refractivity contribution in [2.24, 2.45) is 10.7 Å². The number of amides is 3. The van der Waals surface area contributed by atoms with Gasteiger partial charge in [0.25, 0.3) is 0 Å². The first-order valence-corrected chi connectivity index (χ1v) is 13.4. The van der Waals surface area contributed by atoms with Gasteiger partial charge in [0.1, 0.15) is 11.3 Å². The van der Waals surface area contributed by atoms with Crippen molar-refractivity contribution >= 4 is 57.6 Å². The van der Waals surface area contributed by atoms with Crippen LogP contribution in [0.2, 0.25) is 0 Å². The van der Waals surface area contributed by atoms with Crippen molar-refractivity contribution in [1.82, 2.24) is 15.0 Å². The molecule has 1 aliphatic heterocycles. The van der Waals surface area contributed by atoms with Crippen LogP contribution in [0.1, 0.15) is 12.5 Å². The fraction of sp³-hybridized carbons (Fsp3) is 0.200. The van der Waals surface area contributed by atoms with Gasteiger partial charge in [-0.25, -0.2) is 19.2 Å². The largest absolute Gasteiger partial charge is 0.404 e. The number of halogens is 1. The number of anilines is 4. The number of rotatable bonds is 7. The highest BCUT2D eigenvalue weighted by Gasteiger charge is 2.20. The lowest BCUT2D eigenvalue weighted by atomic mass is 10.1. The van der Waals surface area contributed by atoms with Crippen LogP contribution in [0.15, 0.2) is 65.9 Å². The Labute approximate surface area is 246 Å². The van der Waals surface area contributed by atoms with Gasteiger partial charge in [0.2, 0.25) is 5.91 Å². The number of aliphatic imine (C=N–C) groups is 1. The number of ether oxygens (including phenoxy) is 1. The Balaban J connectivity index is 1.39. The molecule has 0 bridgehead atoms. The van der Waals surface area contributed by atoms with E-state index in [2.05, 4.69) is 30.8 Å². The highest BCUT2D eigenvalue weighted by Crippen LogP contribution is 2.29. The summed E-state index contributed by atoms with van der Waals surface area (Å²) in [5.41, 5.74) is 10.1. The number of urea groups is 1. The molecule has 0 saturated carbocycles. The monoisotopic (exact) mass is 583 g/mol. The molecule has 5 rings (SSSR count). The Morgan fingerprint density at radius 1 is 1.02 bits per heavy atom. The van der Waals surface area contributed by atoms with E-state index in [0.29, 0.717) is 60.2 Å². The Bertz CT molecular complexity index is 1720. The van der Waals surface area contributed by atoms with Gasteiger partial charge in [0, 0.05) is 73.7 Å². The molecule has 1 saturated heterocycles. The van der Waals surface area contributed by atoms with E-state index in [1.807, 2.05) is 6.07 Å². The molecule has 43 heavy (non-hydrogen) atoms. The maximum absolute atomic E-state index is 14.2. The number of hydrogen-bond donors (Lipinski definition) is 4. The van der Waals surface area contributed by atoms with Crippen molar-refractivity contribution in [2.75, 3.05) is 54.2 Å². The minimum Gasteiger partial charge on any atom is -0.404 e. The van der Waals surface area contributed by atoms with Crippen LogP contribution in [-0.4, -0.2) is 66.5 Å². The van der Waals surface area contributed by atoms with Gasteiger partial charge in [-0.15, -0.1) is 0 Å². The summed E-state index contributed by atoms with van der Waals surface area (Å²) in [4.78, 5) is 44.3. The third kappa shape index (κ3) is 6.90. The van der Waals surface area contributed by atoms with Crippen molar-refractivity contribution in [3.8, 4) is 11.4 Å². The maximum Gasteiger partial charge on any atom is 0.323 e. The Kier molecular flexibility index (Phi) is 8.82. The molecule has 2 aromatic heterocycles. The molecular formula is C30H30FN9O3. The van der Waals surface area contributed by atoms with Gasteiger partial charge in [0.05, 0.1) is 24.4 Å². The van der Waals surface area contributed by atoms with Crippen LogP contribution in [0.3, 0.4) is 0 Å². The van der Waals surface area contributed by atoms with Crippen LogP contribution in [0.25, 0.3) is 28.0 Å². The quantitative estimate of drug-likeness (QED) is 0.235. The second kappa shape index (κ2) is 13.0. The first kappa shape index (κ1) is 29.1. The predicted octanol–water partition coefficient (Wildman–Crippen LogP) is 4.27. The summed E-state index contributed by atoms with van der Waals surface area (Å²) in [7, 11) is 1.67. The number of benzene rings is 2. The van der Waals surface area contributed by atoms with Crippen LogP contribution in [0, 0.1) is 5.82 Å². The molecule has 4 aromatic rings. The molecule has 0 unspecified atom stereocenters. The molecule has 0 spiro atoms. The predicted molar refractivity (Wildman–Crippen MR) is 166 cm³/mol. The van der Waals surface area contributed by atoms with E-state index in [4.69, 9.17) is 20.4 Å². The maximum atomic E-state index is 14.2. The lowest BCUT2D eigenvalue weighted by Gasteiger charge is -2.28. The number of fused-ring (bicyclic) bond motifs is 1. The van der Waals surface area contributed by atoms with Gasteiger partial charge in [-0.1, -0.05) is 0 Å². The van der Waals surface area contributed by atoms with Gasteiger partial charge in [-0.3, -0.25) is 14.8 Å². The van der Waals surface area contributed by atoms with Crippen molar-refractivity contribution < 1.29 is 18.7 Å². The molecular weight excluding hydrogens is 553 g/mol. The topological polar surface area (TPSA) is 160 Å². The van der Waals surface area contributed by atoms with E-state index in [1.54, 1.807) is 43.7 Å². The fourth-order valence-electron chi connectivity index (χ4n) is 4.52. The van der Waals surface area contributed by atoms with Crippen molar-refractivity contribution in [3.63, 3.8) is 0 Å². The summed E-state index contributed by atoms with van der Waals surface area (Å²) >= 11 is 0. The van der Waals surface area contributed by atoms with E-state index in [1.165, 1.54) is 25.3 Å². The Morgan fingerprint density at radius 2 is 1.74 bits per heavy atom. The molecule has 0 atom stereocenters. The van der Waals surface area contributed by atoms with E-state index in [-0.39, 0.29) is 11.4 Å². The number of carbonyl (C=O) groups excluding carboxylic acids is 2. The van der Waals surface area contributed by atoms with Crippen LogP contribution >= 0.6 is 0 Å². The number of pyridine rings is 1. The first-order chi connectivity index (χ1) is 20.8. The SMILES string of the molecule is CN=CC(=CN)c1cnc2c(N3CCOCC3)nc(-c3ccc(NC(=O)Nc4ccc(NC(C)=O)c(F)c4)cc3)nc2c1. The number of carbonyl (C=O) groups is 2. The smallest absolute Gasteiger partial charge is 0.323 e. The normalized spacial score (nSPS) is 13.7. The summed E-state index contributed by atoms with van der Waals surface area (Å²) in [6.07, 6.45) is 4.86. The summed E-state index contributed by atoms with van der Waals surface area (Å²) in [5, 5.41) is 7.68. The van der Waals surface area contributed by atoms with Crippen molar-refractivity contribution in [3.05, 3.63) is 72.3 Å². The number of hydrogen-bond acceptors (Lipinski definition) is 9. The van der Waals surface area contributed by atoms with E-state index < -0.39 is 17.8 Å². The second-order valence-electron chi connectivity index (χ2n) is 9.60. The van der Waals surface area contributed by atoms with Gasteiger partial charge >= 0.3 is 6.03 Å². The molecule has 12 nitrogen and oxygen atoms in total. The van der Waals surface area contributed by atoms with Crippen LogP contribution < -0.4 is 26.6 Å². The van der Waals surface area contributed by atoms with Gasteiger partial charge < -0.3 is 31.3 Å². The van der Waals surface area contributed by atoms with Crippen LogP contribution in [-0.2, 0) is 9.53 Å². The third-order valence-electron chi connectivity index (χ3n) is 6.55. The molecule has 220 valence electrons. The van der Waals surface area contributed by atoms with Crippen LogP contribution in [0.5, 0.6) is 0 Å². The van der Waals surface area contributed by atoms with E-state index >= 15 is 0 Å². The summed E-state index contributed by atoms with van der Waals surface area (Å²) in [5.74, 6) is 0.130. The van der Waals surface area contributed by atoms with Crippen molar-refractivity contribution in [2.45, 2.75) is 6.92 Å². The molecule has 2 aromatic carbocycles. The average molecular weight is 584 g/mol. The molecule has 1 aliphatic rings. The van der Waals surface area contributed by atoms with Gasteiger partial charge in [-0.2, -0.15) is 0 Å². The van der Waals surface area contributed by atoms with Crippen molar-refractivity contribution in [1.29, 1.82) is 0 Å². The van der Waals surface area contributed by atoms with Crippen LogP contribution in [0.4, 0.5) is 32.1 Å². The summed E-state index contributed by atoms with van der Waals surface area (Å²) in [6, 6.07) is 12.4. The van der Waals surface area contributed by atoms with Gasteiger partial charge in [0.15, 0.2) is 11.6 Å². The third-order valence-corrected chi connectivity index (χ3v) is 6.55. The number of nitrogens with one attached hydrogen (secondary N) is 3. The zero-order valence-electron chi connectivity index (χ0n) is 23.6. The lowest BCUT2D eigenvalue weighted by Crippen LogP contribution is -2.37. The zero-order valence-corrected chi connectivity index (χ0v) is 23.6.